The molecule has 2 rings (SSSR count). The van der Waals surface area contributed by atoms with Gasteiger partial charge in [-0.05, 0) is 49.4 Å². The van der Waals surface area contributed by atoms with Crippen LogP contribution in [0.3, 0.4) is 0 Å². The lowest BCUT2D eigenvalue weighted by Crippen LogP contribution is -2.25. The minimum absolute atomic E-state index is 0.0966. The molecule has 0 amide bonds. The monoisotopic (exact) mass is 277 g/mol. The minimum atomic E-state index is -0.0966. The molecule has 1 aromatic carbocycles. The van der Waals surface area contributed by atoms with Crippen molar-refractivity contribution in [3.05, 3.63) is 35.1 Å². The van der Waals surface area contributed by atoms with E-state index in [9.17, 15) is 4.39 Å². The molecule has 0 heterocycles. The van der Waals surface area contributed by atoms with Crippen molar-refractivity contribution in [2.45, 2.75) is 64.8 Å². The summed E-state index contributed by atoms with van der Waals surface area (Å²) in [4.78, 5) is 0. The normalized spacial score (nSPS) is 18.1. The average Bonchev–Trinajstić information content (AvgIpc) is 2.47. The lowest BCUT2D eigenvalue weighted by molar-refractivity contribution is 0.300. The van der Waals surface area contributed by atoms with Gasteiger partial charge in [-0.15, -0.1) is 0 Å². The Morgan fingerprint density at radius 3 is 2.65 bits per heavy atom. The first-order chi connectivity index (χ1) is 9.70. The lowest BCUT2D eigenvalue weighted by atomic mass is 9.83. The van der Waals surface area contributed by atoms with Crippen molar-refractivity contribution in [2.75, 3.05) is 6.54 Å². The van der Waals surface area contributed by atoms with Crippen LogP contribution < -0.4 is 5.32 Å². The molecule has 1 atom stereocenters. The third kappa shape index (κ3) is 4.31. The fourth-order valence-electron chi connectivity index (χ4n) is 3.30. The van der Waals surface area contributed by atoms with E-state index in [2.05, 4.69) is 12.2 Å². The van der Waals surface area contributed by atoms with Crippen LogP contribution in [0.4, 0.5) is 4.39 Å². The molecule has 1 aliphatic rings. The van der Waals surface area contributed by atoms with Gasteiger partial charge in [0.15, 0.2) is 0 Å². The first-order valence-electron chi connectivity index (χ1n) is 8.20. The van der Waals surface area contributed by atoms with E-state index in [1.54, 1.807) is 6.07 Å². The summed E-state index contributed by atoms with van der Waals surface area (Å²) in [5.41, 5.74) is 2.01. The topological polar surface area (TPSA) is 12.0 Å². The van der Waals surface area contributed by atoms with E-state index in [0.717, 1.165) is 24.4 Å². The minimum Gasteiger partial charge on any atom is -0.310 e. The predicted molar refractivity (Wildman–Crippen MR) is 83.4 cm³/mol. The molecule has 0 bridgehead atoms. The fourth-order valence-corrected chi connectivity index (χ4v) is 3.30. The smallest absolute Gasteiger partial charge is 0.126 e. The molecule has 0 aliphatic heterocycles. The third-order valence-corrected chi connectivity index (χ3v) is 4.52. The predicted octanol–water partition coefficient (Wildman–Crippen LogP) is 5.15. The molecule has 1 nitrogen and oxygen atoms in total. The highest BCUT2D eigenvalue weighted by Gasteiger charge is 2.20. The molecule has 1 aliphatic carbocycles. The zero-order chi connectivity index (χ0) is 14.4. The average molecular weight is 277 g/mol. The van der Waals surface area contributed by atoms with E-state index >= 15 is 0 Å². The molecule has 2 heteroatoms. The third-order valence-electron chi connectivity index (χ3n) is 4.52. The second-order valence-electron chi connectivity index (χ2n) is 6.26. The molecule has 1 fully saturated rings. The van der Waals surface area contributed by atoms with Gasteiger partial charge in [-0.2, -0.15) is 0 Å². The van der Waals surface area contributed by atoms with Crippen LogP contribution in [0.25, 0.3) is 0 Å². The summed E-state index contributed by atoms with van der Waals surface area (Å²) in [6, 6.07) is 5.98. The molecule has 1 aromatic rings. The number of hydrogen-bond acceptors (Lipinski definition) is 1. The maximum absolute atomic E-state index is 13.5. The van der Waals surface area contributed by atoms with E-state index in [1.807, 2.05) is 19.1 Å². The second-order valence-corrected chi connectivity index (χ2v) is 6.26. The number of benzene rings is 1. The zero-order valence-electron chi connectivity index (χ0n) is 12.9. The highest BCUT2D eigenvalue weighted by molar-refractivity contribution is 5.26. The number of nitrogens with one attached hydrogen (secondary N) is 1. The molecule has 0 radical (unpaired) electrons. The molecule has 0 saturated heterocycles. The summed E-state index contributed by atoms with van der Waals surface area (Å²) in [6.45, 7) is 5.09. The van der Waals surface area contributed by atoms with Gasteiger partial charge in [-0.1, -0.05) is 51.2 Å². The summed E-state index contributed by atoms with van der Waals surface area (Å²) in [5.74, 6) is 0.740. The van der Waals surface area contributed by atoms with E-state index in [4.69, 9.17) is 0 Å². The van der Waals surface area contributed by atoms with Crippen LogP contribution >= 0.6 is 0 Å². The molecule has 112 valence electrons. The van der Waals surface area contributed by atoms with Crippen molar-refractivity contribution < 1.29 is 4.39 Å². The maximum atomic E-state index is 13.5. The zero-order valence-corrected chi connectivity index (χ0v) is 12.9. The van der Waals surface area contributed by atoms with Crippen LogP contribution in [0.15, 0.2) is 18.2 Å². The van der Waals surface area contributed by atoms with Gasteiger partial charge in [0.2, 0.25) is 0 Å². The Labute approximate surface area is 123 Å². The van der Waals surface area contributed by atoms with Crippen LogP contribution in [0.5, 0.6) is 0 Å². The van der Waals surface area contributed by atoms with Crippen LogP contribution in [-0.2, 0) is 0 Å². The number of aryl methyl sites for hydroxylation is 1. The van der Waals surface area contributed by atoms with E-state index in [1.165, 1.54) is 44.1 Å². The molecule has 1 N–H and O–H groups in total. The van der Waals surface area contributed by atoms with Crippen molar-refractivity contribution in [3.63, 3.8) is 0 Å². The van der Waals surface area contributed by atoms with Crippen LogP contribution in [-0.4, -0.2) is 6.54 Å². The molecule has 1 unspecified atom stereocenters. The Morgan fingerprint density at radius 2 is 2.00 bits per heavy atom. The van der Waals surface area contributed by atoms with Crippen molar-refractivity contribution in [3.8, 4) is 0 Å². The van der Waals surface area contributed by atoms with Gasteiger partial charge in [-0.3, -0.25) is 0 Å². The van der Waals surface area contributed by atoms with Crippen molar-refractivity contribution in [2.24, 2.45) is 5.92 Å². The quantitative estimate of drug-likeness (QED) is 0.758. The Morgan fingerprint density at radius 1 is 1.25 bits per heavy atom. The van der Waals surface area contributed by atoms with Gasteiger partial charge in [0.1, 0.15) is 5.82 Å². The Bertz CT molecular complexity index is 410. The molecular weight excluding hydrogens is 249 g/mol. The summed E-state index contributed by atoms with van der Waals surface area (Å²) in [6.07, 6.45) is 9.24. The summed E-state index contributed by atoms with van der Waals surface area (Å²) in [5, 5.41) is 3.66. The van der Waals surface area contributed by atoms with Gasteiger partial charge >= 0.3 is 0 Å². The van der Waals surface area contributed by atoms with Crippen molar-refractivity contribution in [1.82, 2.24) is 5.32 Å². The van der Waals surface area contributed by atoms with Crippen molar-refractivity contribution >= 4 is 0 Å². The molecule has 20 heavy (non-hydrogen) atoms. The maximum Gasteiger partial charge on any atom is 0.126 e. The number of halogens is 1. The number of hydrogen-bond donors (Lipinski definition) is 1. The molecule has 0 spiro atoms. The highest BCUT2D eigenvalue weighted by atomic mass is 19.1. The van der Waals surface area contributed by atoms with Gasteiger partial charge in [-0.25, -0.2) is 4.39 Å². The largest absolute Gasteiger partial charge is 0.310 e. The van der Waals surface area contributed by atoms with Gasteiger partial charge in [0.25, 0.3) is 0 Å². The van der Waals surface area contributed by atoms with Gasteiger partial charge in [0, 0.05) is 6.04 Å². The van der Waals surface area contributed by atoms with Crippen LogP contribution in [0.2, 0.25) is 0 Å². The first kappa shape index (κ1) is 15.5. The molecule has 0 aromatic heterocycles. The fraction of sp³-hybridized carbons (Fsp3) is 0.667. The summed E-state index contributed by atoms with van der Waals surface area (Å²) < 4.78 is 13.5. The summed E-state index contributed by atoms with van der Waals surface area (Å²) in [7, 11) is 0. The first-order valence-corrected chi connectivity index (χ1v) is 8.20. The standard InChI is InChI=1S/C18H28FN/c1-3-11-20-18(13-15-7-5-4-6-8-15)16-9-10-17(19)14(2)12-16/h9-10,12,15,18,20H,3-8,11,13H2,1-2H3. The lowest BCUT2D eigenvalue weighted by Gasteiger charge is -2.28. The van der Waals surface area contributed by atoms with Crippen LogP contribution in [0, 0.1) is 18.7 Å². The van der Waals surface area contributed by atoms with E-state index < -0.39 is 0 Å². The van der Waals surface area contributed by atoms with E-state index in [0.29, 0.717) is 6.04 Å². The SMILES string of the molecule is CCCNC(CC1CCCCC1)c1ccc(F)c(C)c1. The van der Waals surface area contributed by atoms with E-state index in [-0.39, 0.29) is 5.82 Å². The highest BCUT2D eigenvalue weighted by Crippen LogP contribution is 2.32. The second kappa shape index (κ2) is 7.78. The van der Waals surface area contributed by atoms with Crippen molar-refractivity contribution in [1.29, 1.82) is 0 Å². The molecular formula is C18H28FN. The molecule has 1 saturated carbocycles. The Balaban J connectivity index is 2.06. The van der Waals surface area contributed by atoms with Gasteiger partial charge in [0.05, 0.1) is 0 Å². The number of rotatable bonds is 6. The Kier molecular flexibility index (Phi) is 6.03. The van der Waals surface area contributed by atoms with Gasteiger partial charge < -0.3 is 5.32 Å². The Hall–Kier alpha value is -0.890. The summed E-state index contributed by atoms with van der Waals surface area (Å²) >= 11 is 0. The van der Waals surface area contributed by atoms with Crippen LogP contribution in [0.1, 0.15) is 69.0 Å².